The van der Waals surface area contributed by atoms with Crippen LogP contribution in [-0.4, -0.2) is 45.7 Å². The second-order valence-electron chi connectivity index (χ2n) is 5.42. The van der Waals surface area contributed by atoms with Gasteiger partial charge in [-0.2, -0.15) is 0 Å². The average molecular weight is 406 g/mol. The second-order valence-corrected chi connectivity index (χ2v) is 5.42. The lowest BCUT2D eigenvalue weighted by Crippen LogP contribution is -2.27. The van der Waals surface area contributed by atoms with E-state index in [1.54, 1.807) is 43.3 Å². The quantitative estimate of drug-likeness (QED) is 0.317. The van der Waals surface area contributed by atoms with E-state index in [-0.39, 0.29) is 17.7 Å². The van der Waals surface area contributed by atoms with Gasteiger partial charge in [-0.15, -0.1) is 9.78 Å². The lowest BCUT2D eigenvalue weighted by molar-refractivity contribution is -0.426. The van der Waals surface area contributed by atoms with E-state index in [4.69, 9.17) is 33.8 Å². The molecule has 0 aliphatic heterocycles. The van der Waals surface area contributed by atoms with Crippen LogP contribution in [0.5, 0.6) is 11.5 Å². The summed E-state index contributed by atoms with van der Waals surface area (Å²) in [4.78, 5) is 43.8. The Labute approximate surface area is 167 Å². The van der Waals surface area contributed by atoms with Gasteiger partial charge < -0.3 is 14.2 Å². The smallest absolute Gasteiger partial charge is 0.376 e. The Balaban J connectivity index is 1.96. The topological polar surface area (TPSA) is 98.8 Å². The number of carbonyl (C=O) groups is 2. The van der Waals surface area contributed by atoms with Crippen molar-refractivity contribution in [2.75, 3.05) is 27.4 Å². The van der Waals surface area contributed by atoms with Gasteiger partial charge in [-0.1, -0.05) is 24.3 Å². The van der Waals surface area contributed by atoms with E-state index in [9.17, 15) is 9.59 Å². The van der Waals surface area contributed by atoms with Gasteiger partial charge in [0.25, 0.3) is 6.29 Å². The molecule has 0 radical (unpaired) electrons. The van der Waals surface area contributed by atoms with E-state index in [1.807, 2.05) is 0 Å². The van der Waals surface area contributed by atoms with Crippen molar-refractivity contribution in [3.05, 3.63) is 59.7 Å². The normalized spacial score (nSPS) is 10.5. The van der Waals surface area contributed by atoms with Crippen molar-refractivity contribution in [2.24, 2.45) is 0 Å². The monoisotopic (exact) mass is 406 g/mol. The van der Waals surface area contributed by atoms with Gasteiger partial charge >= 0.3 is 11.9 Å². The molecule has 0 N–H and O–H groups in total. The number of carbonyl (C=O) groups excluding carboxylic acids is 2. The summed E-state index contributed by atoms with van der Waals surface area (Å²) >= 11 is 0. The molecule has 2 aromatic rings. The molecule has 0 spiro atoms. The second kappa shape index (κ2) is 11.6. The van der Waals surface area contributed by atoms with Crippen molar-refractivity contribution in [1.29, 1.82) is 0 Å². The number of hydrogen-bond acceptors (Lipinski definition) is 9. The van der Waals surface area contributed by atoms with Gasteiger partial charge in [-0.05, 0) is 31.2 Å². The average Bonchev–Trinajstić information content (AvgIpc) is 2.77. The highest BCUT2D eigenvalue weighted by molar-refractivity contribution is 5.92. The maximum Gasteiger partial charge on any atom is 0.376 e. The highest BCUT2D eigenvalue weighted by Gasteiger charge is 2.22. The van der Waals surface area contributed by atoms with E-state index < -0.39 is 18.2 Å². The largest absolute Gasteiger partial charge is 0.496 e. The van der Waals surface area contributed by atoms with E-state index in [0.29, 0.717) is 18.1 Å². The molecule has 0 aliphatic carbocycles. The number of para-hydroxylation sites is 2. The summed E-state index contributed by atoms with van der Waals surface area (Å²) in [6.45, 7) is 1.93. The fraction of sp³-hybridized carbons (Fsp3) is 0.300. The van der Waals surface area contributed by atoms with Crippen LogP contribution in [0.2, 0.25) is 0 Å². The molecule has 0 fully saturated rings. The van der Waals surface area contributed by atoms with Gasteiger partial charge in [-0.3, -0.25) is 9.78 Å². The number of ether oxygens (including phenoxy) is 3. The first-order chi connectivity index (χ1) is 14.1. The molecular formula is C20H22O9. The molecule has 0 atom stereocenters. The number of methoxy groups -OCH3 is 2. The molecule has 0 saturated carbocycles. The standard InChI is InChI=1S/C20H22O9/c1-4-25-13-18(26-28-19(21)14-9-5-7-11-16(14)23-2)27-29-20(22)15-10-6-8-12-17(15)24-3/h5-12,18H,4,13H2,1-3H3. The van der Waals surface area contributed by atoms with Gasteiger partial charge in [0, 0.05) is 6.61 Å². The Kier molecular flexibility index (Phi) is 8.90. The predicted molar refractivity (Wildman–Crippen MR) is 99.3 cm³/mol. The van der Waals surface area contributed by atoms with Crippen molar-refractivity contribution in [3.8, 4) is 11.5 Å². The van der Waals surface area contributed by atoms with Gasteiger partial charge in [-0.25, -0.2) is 9.59 Å². The zero-order valence-electron chi connectivity index (χ0n) is 16.3. The predicted octanol–water partition coefficient (Wildman–Crippen LogP) is 2.94. The van der Waals surface area contributed by atoms with Crippen LogP contribution in [0.25, 0.3) is 0 Å². The molecular weight excluding hydrogens is 384 g/mol. The molecule has 2 aromatic carbocycles. The van der Waals surface area contributed by atoms with Gasteiger partial charge in [0.2, 0.25) is 0 Å². The molecule has 9 nitrogen and oxygen atoms in total. The fourth-order valence-corrected chi connectivity index (χ4v) is 2.20. The van der Waals surface area contributed by atoms with Crippen LogP contribution in [0.15, 0.2) is 48.5 Å². The zero-order chi connectivity index (χ0) is 21.1. The first-order valence-corrected chi connectivity index (χ1v) is 8.69. The molecule has 0 amide bonds. The number of benzene rings is 2. The van der Waals surface area contributed by atoms with Crippen molar-refractivity contribution in [2.45, 2.75) is 13.2 Å². The summed E-state index contributed by atoms with van der Waals surface area (Å²) < 4.78 is 15.4. The van der Waals surface area contributed by atoms with Crippen LogP contribution in [0.4, 0.5) is 0 Å². The van der Waals surface area contributed by atoms with E-state index >= 15 is 0 Å². The molecule has 29 heavy (non-hydrogen) atoms. The van der Waals surface area contributed by atoms with Crippen LogP contribution in [-0.2, 0) is 24.3 Å². The number of rotatable bonds is 11. The summed E-state index contributed by atoms with van der Waals surface area (Å²) in [6.07, 6.45) is -1.31. The van der Waals surface area contributed by atoms with Gasteiger partial charge in [0.15, 0.2) is 0 Å². The highest BCUT2D eigenvalue weighted by Crippen LogP contribution is 2.20. The summed E-state index contributed by atoms with van der Waals surface area (Å²) in [7, 11) is 2.84. The summed E-state index contributed by atoms with van der Waals surface area (Å²) in [5, 5.41) is 0. The maximum atomic E-state index is 12.2. The van der Waals surface area contributed by atoms with Crippen LogP contribution in [0, 0.1) is 0 Å². The van der Waals surface area contributed by atoms with Crippen LogP contribution in [0.1, 0.15) is 27.6 Å². The molecule has 2 rings (SSSR count). The SMILES string of the molecule is CCOCC(OOC(=O)c1ccccc1OC)OOC(=O)c1ccccc1OC. The first-order valence-electron chi connectivity index (χ1n) is 8.69. The lowest BCUT2D eigenvalue weighted by Gasteiger charge is -2.15. The lowest BCUT2D eigenvalue weighted by atomic mass is 10.2. The Morgan fingerprint density at radius 2 is 1.24 bits per heavy atom. The minimum absolute atomic E-state index is 0.149. The maximum absolute atomic E-state index is 12.2. The Bertz CT molecular complexity index is 743. The van der Waals surface area contributed by atoms with Crippen LogP contribution in [0.3, 0.4) is 0 Å². The highest BCUT2D eigenvalue weighted by atomic mass is 17.3. The molecule has 9 heteroatoms. The minimum atomic E-state index is -1.31. The van der Waals surface area contributed by atoms with E-state index in [1.165, 1.54) is 26.4 Å². The van der Waals surface area contributed by atoms with E-state index in [0.717, 1.165) is 0 Å². The molecule has 0 aliphatic rings. The molecule has 0 bridgehead atoms. The number of hydrogen-bond donors (Lipinski definition) is 0. The van der Waals surface area contributed by atoms with Gasteiger partial charge in [0.1, 0.15) is 29.2 Å². The third-order valence-corrected chi connectivity index (χ3v) is 3.57. The molecule has 0 aromatic heterocycles. The fourth-order valence-electron chi connectivity index (χ4n) is 2.20. The zero-order valence-corrected chi connectivity index (χ0v) is 16.3. The third-order valence-electron chi connectivity index (χ3n) is 3.57. The minimum Gasteiger partial charge on any atom is -0.496 e. The Morgan fingerprint density at radius 3 is 1.66 bits per heavy atom. The van der Waals surface area contributed by atoms with E-state index in [2.05, 4.69) is 0 Å². The molecule has 156 valence electrons. The summed E-state index contributed by atoms with van der Waals surface area (Å²) in [5.74, 6) is -1.01. The van der Waals surface area contributed by atoms with Crippen LogP contribution >= 0.6 is 0 Å². The Morgan fingerprint density at radius 1 is 0.793 bits per heavy atom. The van der Waals surface area contributed by atoms with Crippen molar-refractivity contribution in [1.82, 2.24) is 0 Å². The summed E-state index contributed by atoms with van der Waals surface area (Å²) in [6, 6.07) is 12.9. The Hall–Kier alpha value is -3.14. The first kappa shape index (κ1) is 22.2. The third kappa shape index (κ3) is 6.46. The van der Waals surface area contributed by atoms with Crippen molar-refractivity contribution in [3.63, 3.8) is 0 Å². The van der Waals surface area contributed by atoms with Crippen molar-refractivity contribution < 1.29 is 43.3 Å². The van der Waals surface area contributed by atoms with Crippen LogP contribution < -0.4 is 9.47 Å². The van der Waals surface area contributed by atoms with Gasteiger partial charge in [0.05, 0.1) is 14.2 Å². The molecule has 0 saturated heterocycles. The summed E-state index contributed by atoms with van der Waals surface area (Å²) in [5.41, 5.74) is 0.298. The molecule has 0 unspecified atom stereocenters. The van der Waals surface area contributed by atoms with Crippen molar-refractivity contribution >= 4 is 11.9 Å². The molecule has 0 heterocycles.